The van der Waals surface area contributed by atoms with E-state index in [1.165, 1.54) is 0 Å². The molecule has 112 valence electrons. The molecule has 0 spiro atoms. The number of hydrogen-bond donors (Lipinski definition) is 1. The van der Waals surface area contributed by atoms with Gasteiger partial charge in [0.25, 0.3) is 0 Å². The van der Waals surface area contributed by atoms with Crippen LogP contribution < -0.4 is 9.47 Å². The van der Waals surface area contributed by atoms with E-state index in [0.717, 1.165) is 22.2 Å². The van der Waals surface area contributed by atoms with Crippen molar-refractivity contribution in [1.29, 1.82) is 0 Å². The highest BCUT2D eigenvalue weighted by atomic mass is 79.9. The molecule has 2 aromatic rings. The Hall–Kier alpha value is -1.52. The molecule has 0 aliphatic carbocycles. The normalized spacial score (nSPS) is 12.0. The molecule has 2 rings (SSSR count). The molecule has 1 atom stereocenters. The van der Waals surface area contributed by atoms with Crippen LogP contribution in [0.1, 0.15) is 25.0 Å². The van der Waals surface area contributed by atoms with Crippen molar-refractivity contribution in [3.8, 4) is 11.5 Å². The quantitative estimate of drug-likeness (QED) is 0.754. The zero-order valence-electron chi connectivity index (χ0n) is 12.0. The zero-order valence-corrected chi connectivity index (χ0v) is 13.5. The maximum Gasteiger partial charge on any atom is 0.126 e. The molecule has 21 heavy (non-hydrogen) atoms. The van der Waals surface area contributed by atoms with Gasteiger partial charge in [0.05, 0.1) is 19.3 Å². The molecule has 0 saturated carbocycles. The van der Waals surface area contributed by atoms with Crippen molar-refractivity contribution < 1.29 is 14.6 Å². The van der Waals surface area contributed by atoms with Gasteiger partial charge in [-0.3, -0.25) is 0 Å². The van der Waals surface area contributed by atoms with Crippen molar-refractivity contribution in [1.82, 2.24) is 0 Å². The molecule has 0 aliphatic heterocycles. The summed E-state index contributed by atoms with van der Waals surface area (Å²) in [5.74, 6) is 1.57. The van der Waals surface area contributed by atoms with E-state index in [-0.39, 0.29) is 0 Å². The minimum absolute atomic E-state index is 0.545. The third kappa shape index (κ3) is 5.06. The Morgan fingerprint density at radius 3 is 2.48 bits per heavy atom. The monoisotopic (exact) mass is 350 g/mol. The van der Waals surface area contributed by atoms with E-state index >= 15 is 0 Å². The van der Waals surface area contributed by atoms with Crippen molar-refractivity contribution in [2.75, 3.05) is 13.2 Å². The van der Waals surface area contributed by atoms with Crippen molar-refractivity contribution >= 4 is 15.9 Å². The molecular formula is C17H19BrO3. The highest BCUT2D eigenvalue weighted by molar-refractivity contribution is 9.10. The molecule has 0 radical (unpaired) electrons. The maximum atomic E-state index is 9.73. The Balaban J connectivity index is 1.79. The Morgan fingerprint density at radius 1 is 1.05 bits per heavy atom. The van der Waals surface area contributed by atoms with Gasteiger partial charge in [-0.05, 0) is 31.2 Å². The fourth-order valence-corrected chi connectivity index (χ4v) is 2.27. The van der Waals surface area contributed by atoms with Gasteiger partial charge in [0, 0.05) is 16.5 Å². The van der Waals surface area contributed by atoms with Crippen molar-refractivity contribution in [3.63, 3.8) is 0 Å². The lowest BCUT2D eigenvalue weighted by molar-refractivity contribution is 0.188. The molecule has 0 amide bonds. The second-order valence-corrected chi connectivity index (χ2v) is 5.64. The standard InChI is InChI=1S/C17H19BrO3/c1-13(19)16-9-8-14(18)12-17(16)21-11-5-10-20-15-6-3-2-4-7-15/h2-4,6-9,12-13,19H,5,10-11H2,1H3/t13-/m0/s1. The Bertz CT molecular complexity index is 555. The number of halogens is 1. The topological polar surface area (TPSA) is 38.7 Å². The fourth-order valence-electron chi connectivity index (χ4n) is 1.93. The van der Waals surface area contributed by atoms with E-state index in [2.05, 4.69) is 15.9 Å². The number of para-hydroxylation sites is 1. The molecule has 2 aromatic carbocycles. The molecule has 0 unspecified atom stereocenters. The van der Waals surface area contributed by atoms with E-state index in [1.54, 1.807) is 6.92 Å². The van der Waals surface area contributed by atoms with Crippen LogP contribution in [0.15, 0.2) is 53.0 Å². The smallest absolute Gasteiger partial charge is 0.126 e. The van der Waals surface area contributed by atoms with Crippen LogP contribution in [0.3, 0.4) is 0 Å². The predicted octanol–water partition coefficient (Wildman–Crippen LogP) is 4.35. The summed E-state index contributed by atoms with van der Waals surface area (Å²) in [6.45, 7) is 2.87. The van der Waals surface area contributed by atoms with Gasteiger partial charge in [-0.1, -0.05) is 40.2 Å². The average molecular weight is 351 g/mol. The first kappa shape index (κ1) is 15.9. The van der Waals surface area contributed by atoms with Gasteiger partial charge >= 0.3 is 0 Å². The zero-order chi connectivity index (χ0) is 15.1. The van der Waals surface area contributed by atoms with Crippen LogP contribution in [-0.4, -0.2) is 18.3 Å². The third-order valence-corrected chi connectivity index (χ3v) is 3.48. The van der Waals surface area contributed by atoms with Crippen LogP contribution >= 0.6 is 15.9 Å². The van der Waals surface area contributed by atoms with Crippen molar-refractivity contribution in [2.45, 2.75) is 19.4 Å². The molecule has 3 nitrogen and oxygen atoms in total. The lowest BCUT2D eigenvalue weighted by Crippen LogP contribution is -2.07. The van der Waals surface area contributed by atoms with Gasteiger partial charge in [0.1, 0.15) is 11.5 Å². The molecule has 1 N–H and O–H groups in total. The summed E-state index contributed by atoms with van der Waals surface area (Å²) in [5.41, 5.74) is 0.794. The molecule has 0 fully saturated rings. The Labute approximate surface area is 133 Å². The fraction of sp³-hybridized carbons (Fsp3) is 0.294. The first-order chi connectivity index (χ1) is 10.2. The van der Waals surface area contributed by atoms with Crippen LogP contribution in [0, 0.1) is 0 Å². The minimum atomic E-state index is -0.548. The molecule has 0 saturated heterocycles. The number of aliphatic hydroxyl groups is 1. The van der Waals surface area contributed by atoms with Crippen LogP contribution in [-0.2, 0) is 0 Å². The van der Waals surface area contributed by atoms with Gasteiger partial charge in [-0.15, -0.1) is 0 Å². The lowest BCUT2D eigenvalue weighted by atomic mass is 10.1. The van der Waals surface area contributed by atoms with Gasteiger partial charge in [0.15, 0.2) is 0 Å². The molecule has 0 aliphatic rings. The summed E-state index contributed by atoms with van der Waals surface area (Å²) in [6.07, 6.45) is 0.231. The van der Waals surface area contributed by atoms with Gasteiger partial charge in [-0.25, -0.2) is 0 Å². The van der Waals surface area contributed by atoms with Crippen molar-refractivity contribution in [2.24, 2.45) is 0 Å². The minimum Gasteiger partial charge on any atom is -0.493 e. The number of hydrogen-bond acceptors (Lipinski definition) is 3. The summed E-state index contributed by atoms with van der Waals surface area (Å²) in [5, 5.41) is 9.73. The lowest BCUT2D eigenvalue weighted by Gasteiger charge is -2.14. The number of rotatable bonds is 7. The second-order valence-electron chi connectivity index (χ2n) is 4.72. The van der Waals surface area contributed by atoms with E-state index < -0.39 is 6.10 Å². The van der Waals surface area contributed by atoms with Gasteiger partial charge in [0.2, 0.25) is 0 Å². The summed E-state index contributed by atoms with van der Waals surface area (Å²) in [7, 11) is 0. The highest BCUT2D eigenvalue weighted by Gasteiger charge is 2.09. The first-order valence-electron chi connectivity index (χ1n) is 6.95. The van der Waals surface area contributed by atoms with E-state index in [0.29, 0.717) is 19.0 Å². The van der Waals surface area contributed by atoms with Crippen LogP contribution in [0.5, 0.6) is 11.5 Å². The van der Waals surface area contributed by atoms with E-state index in [9.17, 15) is 5.11 Å². The van der Waals surface area contributed by atoms with Crippen LogP contribution in [0.4, 0.5) is 0 Å². The maximum absolute atomic E-state index is 9.73. The van der Waals surface area contributed by atoms with Crippen LogP contribution in [0.2, 0.25) is 0 Å². The summed E-state index contributed by atoms with van der Waals surface area (Å²) in [6, 6.07) is 15.4. The SMILES string of the molecule is C[C@H](O)c1ccc(Br)cc1OCCCOc1ccccc1. The van der Waals surface area contributed by atoms with E-state index in [1.807, 2.05) is 48.5 Å². The molecule has 0 heterocycles. The number of ether oxygens (including phenoxy) is 2. The van der Waals surface area contributed by atoms with Crippen molar-refractivity contribution in [3.05, 3.63) is 58.6 Å². The molecular weight excluding hydrogens is 332 g/mol. The largest absolute Gasteiger partial charge is 0.493 e. The molecule has 0 bridgehead atoms. The van der Waals surface area contributed by atoms with E-state index in [4.69, 9.17) is 9.47 Å². The second kappa shape index (κ2) is 8.05. The number of benzene rings is 2. The summed E-state index contributed by atoms with van der Waals surface area (Å²) < 4.78 is 12.3. The molecule has 4 heteroatoms. The predicted molar refractivity (Wildman–Crippen MR) is 86.8 cm³/mol. The average Bonchev–Trinajstić information content (AvgIpc) is 2.48. The Morgan fingerprint density at radius 2 is 1.76 bits per heavy atom. The summed E-state index contributed by atoms with van der Waals surface area (Å²) >= 11 is 3.41. The third-order valence-electron chi connectivity index (χ3n) is 2.98. The molecule has 0 aromatic heterocycles. The highest BCUT2D eigenvalue weighted by Crippen LogP contribution is 2.28. The summed E-state index contributed by atoms with van der Waals surface area (Å²) in [4.78, 5) is 0. The first-order valence-corrected chi connectivity index (χ1v) is 7.74. The Kier molecular flexibility index (Phi) is 6.08. The number of aliphatic hydroxyl groups excluding tert-OH is 1. The van der Waals surface area contributed by atoms with Crippen LogP contribution in [0.25, 0.3) is 0 Å². The van der Waals surface area contributed by atoms with Gasteiger partial charge in [-0.2, -0.15) is 0 Å². The van der Waals surface area contributed by atoms with Gasteiger partial charge < -0.3 is 14.6 Å².